The number of hydrogen-bond acceptors (Lipinski definition) is 2. The zero-order valence-electron chi connectivity index (χ0n) is 9.05. The van der Waals surface area contributed by atoms with Gasteiger partial charge in [0.05, 0.1) is 5.69 Å². The molecule has 1 aromatic carbocycles. The zero-order chi connectivity index (χ0) is 11.5. The maximum absolute atomic E-state index is 13.4. The molecule has 1 aliphatic rings. The number of rotatable bonds is 2. The first-order valence-corrected chi connectivity index (χ1v) is 5.64. The van der Waals surface area contributed by atoms with Crippen molar-refractivity contribution in [3.8, 4) is 0 Å². The van der Waals surface area contributed by atoms with Crippen LogP contribution in [0.15, 0.2) is 18.2 Å². The first-order valence-electron chi connectivity index (χ1n) is 5.64. The molecule has 2 rings (SSSR count). The van der Waals surface area contributed by atoms with E-state index in [4.69, 9.17) is 5.73 Å². The highest BCUT2D eigenvalue weighted by molar-refractivity contribution is 5.46. The Hall–Kier alpha value is -1.16. The number of nitrogens with two attached hydrogens (primary N) is 1. The van der Waals surface area contributed by atoms with E-state index >= 15 is 0 Å². The minimum atomic E-state index is -0.559. The monoisotopic (exact) mass is 226 g/mol. The van der Waals surface area contributed by atoms with Crippen LogP contribution in [-0.4, -0.2) is 12.1 Å². The number of benzene rings is 1. The van der Waals surface area contributed by atoms with Crippen LogP contribution in [0.25, 0.3) is 0 Å². The van der Waals surface area contributed by atoms with Crippen molar-refractivity contribution in [1.29, 1.82) is 0 Å². The van der Waals surface area contributed by atoms with E-state index in [-0.39, 0.29) is 12.1 Å². The van der Waals surface area contributed by atoms with Crippen LogP contribution < -0.4 is 11.1 Å². The molecule has 4 heteroatoms. The Labute approximate surface area is 93.8 Å². The van der Waals surface area contributed by atoms with Crippen LogP contribution in [0.2, 0.25) is 0 Å². The summed E-state index contributed by atoms with van der Waals surface area (Å²) in [5, 5.41) is 3.06. The van der Waals surface area contributed by atoms with Gasteiger partial charge in [-0.15, -0.1) is 0 Å². The van der Waals surface area contributed by atoms with Gasteiger partial charge in [0.15, 0.2) is 0 Å². The van der Waals surface area contributed by atoms with Gasteiger partial charge >= 0.3 is 0 Å². The molecule has 2 unspecified atom stereocenters. The summed E-state index contributed by atoms with van der Waals surface area (Å²) in [6, 6.07) is 3.70. The summed E-state index contributed by atoms with van der Waals surface area (Å²) in [5.74, 6) is -1.12. The van der Waals surface area contributed by atoms with Gasteiger partial charge in [-0.05, 0) is 25.0 Å². The summed E-state index contributed by atoms with van der Waals surface area (Å²) in [7, 11) is 0. The molecule has 0 aliphatic heterocycles. The van der Waals surface area contributed by atoms with Crippen LogP contribution in [0.3, 0.4) is 0 Å². The van der Waals surface area contributed by atoms with Crippen molar-refractivity contribution in [2.75, 3.05) is 5.32 Å². The molecule has 2 atom stereocenters. The van der Waals surface area contributed by atoms with Gasteiger partial charge < -0.3 is 11.1 Å². The van der Waals surface area contributed by atoms with Crippen molar-refractivity contribution in [1.82, 2.24) is 0 Å². The molecular formula is C12H16F2N2. The van der Waals surface area contributed by atoms with Gasteiger partial charge in [0.1, 0.15) is 11.6 Å². The molecular weight excluding hydrogens is 210 g/mol. The van der Waals surface area contributed by atoms with Crippen molar-refractivity contribution in [3.05, 3.63) is 29.8 Å². The maximum atomic E-state index is 13.4. The Morgan fingerprint density at radius 1 is 1.19 bits per heavy atom. The smallest absolute Gasteiger partial charge is 0.149 e. The second-order valence-electron chi connectivity index (χ2n) is 4.32. The summed E-state index contributed by atoms with van der Waals surface area (Å²) in [5.41, 5.74) is 6.28. The van der Waals surface area contributed by atoms with Gasteiger partial charge in [0.25, 0.3) is 0 Å². The quantitative estimate of drug-likeness (QED) is 0.813. The minimum absolute atomic E-state index is 0.0539. The van der Waals surface area contributed by atoms with Crippen LogP contribution in [0, 0.1) is 11.6 Å². The molecule has 0 spiro atoms. The molecule has 3 N–H and O–H groups in total. The van der Waals surface area contributed by atoms with E-state index in [1.54, 1.807) is 0 Å². The molecule has 1 saturated carbocycles. The van der Waals surface area contributed by atoms with E-state index < -0.39 is 11.6 Å². The summed E-state index contributed by atoms with van der Waals surface area (Å²) in [4.78, 5) is 0. The highest BCUT2D eigenvalue weighted by Gasteiger charge is 2.22. The average molecular weight is 226 g/mol. The number of anilines is 1. The van der Waals surface area contributed by atoms with E-state index in [1.165, 1.54) is 12.1 Å². The predicted octanol–water partition coefficient (Wildman–Crippen LogP) is 2.65. The average Bonchev–Trinajstić information content (AvgIpc) is 2.25. The molecule has 0 saturated heterocycles. The van der Waals surface area contributed by atoms with E-state index in [0.717, 1.165) is 31.7 Å². The standard InChI is InChI=1S/C12H16F2N2/c13-8-5-6-11(9(14)7-8)16-12-4-2-1-3-10(12)15/h5-7,10,12,16H,1-4,15H2. The molecule has 1 aromatic rings. The van der Waals surface area contributed by atoms with Crippen molar-refractivity contribution in [3.63, 3.8) is 0 Å². The lowest BCUT2D eigenvalue weighted by atomic mass is 9.91. The van der Waals surface area contributed by atoms with E-state index in [9.17, 15) is 8.78 Å². The Morgan fingerprint density at radius 3 is 2.62 bits per heavy atom. The van der Waals surface area contributed by atoms with Crippen molar-refractivity contribution < 1.29 is 8.78 Å². The molecule has 0 radical (unpaired) electrons. The Morgan fingerprint density at radius 2 is 1.94 bits per heavy atom. The molecule has 0 amide bonds. The van der Waals surface area contributed by atoms with Crippen LogP contribution in [0.4, 0.5) is 14.5 Å². The topological polar surface area (TPSA) is 38.0 Å². The minimum Gasteiger partial charge on any atom is -0.378 e. The first kappa shape index (κ1) is 11.3. The van der Waals surface area contributed by atoms with Gasteiger partial charge in [0, 0.05) is 18.2 Å². The van der Waals surface area contributed by atoms with Crippen LogP contribution >= 0.6 is 0 Å². The maximum Gasteiger partial charge on any atom is 0.149 e. The van der Waals surface area contributed by atoms with E-state index in [0.29, 0.717) is 5.69 Å². The number of hydrogen-bond donors (Lipinski definition) is 2. The summed E-state index contributed by atoms with van der Waals surface area (Å²) in [6.45, 7) is 0. The highest BCUT2D eigenvalue weighted by atomic mass is 19.1. The molecule has 0 heterocycles. The normalized spacial score (nSPS) is 25.4. The lowest BCUT2D eigenvalue weighted by Crippen LogP contribution is -2.42. The Balaban J connectivity index is 2.07. The fourth-order valence-electron chi connectivity index (χ4n) is 2.15. The van der Waals surface area contributed by atoms with Gasteiger partial charge in [0.2, 0.25) is 0 Å². The van der Waals surface area contributed by atoms with Gasteiger partial charge in [-0.3, -0.25) is 0 Å². The Kier molecular flexibility index (Phi) is 3.39. The second kappa shape index (κ2) is 4.78. The SMILES string of the molecule is NC1CCCCC1Nc1ccc(F)cc1F. The van der Waals surface area contributed by atoms with Gasteiger partial charge in [-0.25, -0.2) is 8.78 Å². The van der Waals surface area contributed by atoms with Crippen molar-refractivity contribution >= 4 is 5.69 Å². The van der Waals surface area contributed by atoms with Crippen molar-refractivity contribution in [2.24, 2.45) is 5.73 Å². The van der Waals surface area contributed by atoms with E-state index in [2.05, 4.69) is 5.32 Å². The fraction of sp³-hybridized carbons (Fsp3) is 0.500. The molecule has 2 nitrogen and oxygen atoms in total. The van der Waals surface area contributed by atoms with Crippen LogP contribution in [0.5, 0.6) is 0 Å². The molecule has 0 aromatic heterocycles. The predicted molar refractivity (Wildman–Crippen MR) is 60.2 cm³/mol. The third kappa shape index (κ3) is 2.50. The third-order valence-electron chi connectivity index (χ3n) is 3.09. The van der Waals surface area contributed by atoms with Gasteiger partial charge in [-0.1, -0.05) is 12.8 Å². The molecule has 88 valence electrons. The fourth-order valence-corrected chi connectivity index (χ4v) is 2.15. The lowest BCUT2D eigenvalue weighted by molar-refractivity contribution is 0.402. The van der Waals surface area contributed by atoms with E-state index in [1.807, 2.05) is 0 Å². The van der Waals surface area contributed by atoms with Gasteiger partial charge in [-0.2, -0.15) is 0 Å². The van der Waals surface area contributed by atoms with Crippen LogP contribution in [-0.2, 0) is 0 Å². The molecule has 0 bridgehead atoms. The summed E-state index contributed by atoms with van der Waals surface area (Å²) >= 11 is 0. The highest BCUT2D eigenvalue weighted by Crippen LogP contribution is 2.23. The second-order valence-corrected chi connectivity index (χ2v) is 4.32. The van der Waals surface area contributed by atoms with Crippen LogP contribution in [0.1, 0.15) is 25.7 Å². The molecule has 1 aliphatic carbocycles. The largest absolute Gasteiger partial charge is 0.378 e. The molecule has 1 fully saturated rings. The van der Waals surface area contributed by atoms with Crippen molar-refractivity contribution in [2.45, 2.75) is 37.8 Å². The zero-order valence-corrected chi connectivity index (χ0v) is 9.05. The summed E-state index contributed by atoms with van der Waals surface area (Å²) < 4.78 is 26.1. The third-order valence-corrected chi connectivity index (χ3v) is 3.09. The first-order chi connectivity index (χ1) is 7.66. The summed E-state index contributed by atoms with van der Waals surface area (Å²) in [6.07, 6.45) is 4.14. The molecule has 16 heavy (non-hydrogen) atoms. The number of nitrogens with one attached hydrogen (secondary N) is 1. The Bertz CT molecular complexity index is 368. The number of halogens is 2. The lowest BCUT2D eigenvalue weighted by Gasteiger charge is -2.30.